The van der Waals surface area contributed by atoms with Gasteiger partial charge < -0.3 is 14.8 Å². The SMILES string of the molecule is C[C@@H](C(=O)Nc1nc(-c2ccc3c(c2)OCO3)cs1)N1C(=O)[C@H]2CC=CC[C@@H]2C1=O. The lowest BCUT2D eigenvalue weighted by Gasteiger charge is -2.21. The van der Waals surface area contributed by atoms with Crippen molar-refractivity contribution in [3.8, 4) is 22.8 Å². The van der Waals surface area contributed by atoms with Gasteiger partial charge in [0.1, 0.15) is 6.04 Å². The van der Waals surface area contributed by atoms with E-state index in [4.69, 9.17) is 9.47 Å². The minimum Gasteiger partial charge on any atom is -0.454 e. The highest BCUT2D eigenvalue weighted by atomic mass is 32.1. The Kier molecular flexibility index (Phi) is 4.54. The second kappa shape index (κ2) is 7.24. The highest BCUT2D eigenvalue weighted by Gasteiger charge is 2.50. The molecule has 0 radical (unpaired) electrons. The lowest BCUT2D eigenvalue weighted by molar-refractivity contribution is -0.146. The molecule has 0 unspecified atom stereocenters. The summed E-state index contributed by atoms with van der Waals surface area (Å²) in [5, 5.41) is 4.96. The quantitative estimate of drug-likeness (QED) is 0.598. The van der Waals surface area contributed by atoms with Gasteiger partial charge >= 0.3 is 0 Å². The van der Waals surface area contributed by atoms with Crippen LogP contribution in [0.1, 0.15) is 19.8 Å². The molecule has 1 aromatic carbocycles. The van der Waals surface area contributed by atoms with Gasteiger partial charge in [0, 0.05) is 10.9 Å². The van der Waals surface area contributed by atoms with Gasteiger partial charge in [0.25, 0.3) is 0 Å². The number of nitrogens with zero attached hydrogens (tertiary/aromatic N) is 2. The lowest BCUT2D eigenvalue weighted by atomic mass is 9.85. The molecule has 9 heteroatoms. The second-order valence-electron chi connectivity index (χ2n) is 7.47. The Morgan fingerprint density at radius 1 is 1.17 bits per heavy atom. The number of allylic oxidation sites excluding steroid dienone is 2. The van der Waals surface area contributed by atoms with Crippen LogP contribution < -0.4 is 14.8 Å². The third kappa shape index (κ3) is 3.06. The van der Waals surface area contributed by atoms with E-state index in [2.05, 4.69) is 10.3 Å². The van der Waals surface area contributed by atoms with E-state index in [0.29, 0.717) is 35.2 Å². The third-order valence-corrected chi connectivity index (χ3v) is 6.47. The number of fused-ring (bicyclic) bond motifs is 2. The number of hydrogen-bond acceptors (Lipinski definition) is 7. The highest BCUT2D eigenvalue weighted by Crippen LogP contribution is 2.38. The van der Waals surface area contributed by atoms with Gasteiger partial charge in [0.2, 0.25) is 24.5 Å². The first-order valence-corrected chi connectivity index (χ1v) is 10.6. The number of benzene rings is 1. The van der Waals surface area contributed by atoms with Gasteiger partial charge in [0.15, 0.2) is 16.6 Å². The average molecular weight is 425 g/mol. The van der Waals surface area contributed by atoms with Crippen LogP contribution in [0.15, 0.2) is 35.7 Å². The summed E-state index contributed by atoms with van der Waals surface area (Å²) in [6, 6.07) is 4.63. The summed E-state index contributed by atoms with van der Waals surface area (Å²) in [6.07, 6.45) is 4.94. The maximum Gasteiger partial charge on any atom is 0.249 e. The zero-order valence-corrected chi connectivity index (χ0v) is 17.0. The van der Waals surface area contributed by atoms with Crippen LogP contribution in [-0.4, -0.2) is 40.4 Å². The van der Waals surface area contributed by atoms with E-state index in [1.807, 2.05) is 35.7 Å². The van der Waals surface area contributed by atoms with Crippen molar-refractivity contribution >= 4 is 34.2 Å². The molecule has 3 atom stereocenters. The van der Waals surface area contributed by atoms with Crippen molar-refractivity contribution in [3.05, 3.63) is 35.7 Å². The molecule has 1 aliphatic carbocycles. The topological polar surface area (TPSA) is 97.8 Å². The van der Waals surface area contributed by atoms with Crippen LogP contribution in [0.5, 0.6) is 11.5 Å². The predicted molar refractivity (Wildman–Crippen MR) is 109 cm³/mol. The lowest BCUT2D eigenvalue weighted by Crippen LogP contribution is -2.46. The summed E-state index contributed by atoms with van der Waals surface area (Å²) in [7, 11) is 0. The van der Waals surface area contributed by atoms with E-state index in [1.165, 1.54) is 11.3 Å². The number of nitrogens with one attached hydrogen (secondary N) is 1. The average Bonchev–Trinajstić information content (AvgIpc) is 3.46. The van der Waals surface area contributed by atoms with Crippen molar-refractivity contribution < 1.29 is 23.9 Å². The monoisotopic (exact) mass is 425 g/mol. The molecule has 154 valence electrons. The zero-order valence-electron chi connectivity index (χ0n) is 16.2. The number of likely N-dealkylation sites (tertiary alicyclic amines) is 1. The molecule has 5 rings (SSSR count). The highest BCUT2D eigenvalue weighted by molar-refractivity contribution is 7.14. The summed E-state index contributed by atoms with van der Waals surface area (Å²) in [6.45, 7) is 1.77. The number of anilines is 1. The van der Waals surface area contributed by atoms with Crippen molar-refractivity contribution in [1.29, 1.82) is 0 Å². The maximum absolute atomic E-state index is 12.8. The summed E-state index contributed by atoms with van der Waals surface area (Å²) < 4.78 is 10.7. The molecule has 0 spiro atoms. The molecule has 3 aliphatic rings. The standard InChI is InChI=1S/C21H19N3O5S/c1-11(24-19(26)13-4-2-3-5-14(13)20(24)27)18(25)23-21-22-15(9-30-21)12-6-7-16-17(8-12)29-10-28-16/h2-3,6-9,11,13-14H,4-5,10H2,1H3,(H,22,23,25)/t11-,13-,14-/m0/s1. The molecular formula is C21H19N3O5S. The molecule has 8 nitrogen and oxygen atoms in total. The van der Waals surface area contributed by atoms with Gasteiger partial charge in [-0.1, -0.05) is 12.2 Å². The van der Waals surface area contributed by atoms with E-state index in [-0.39, 0.29) is 30.4 Å². The number of hydrogen-bond donors (Lipinski definition) is 1. The van der Waals surface area contributed by atoms with Crippen molar-refractivity contribution in [2.24, 2.45) is 11.8 Å². The van der Waals surface area contributed by atoms with Crippen molar-refractivity contribution in [2.45, 2.75) is 25.8 Å². The molecule has 2 aliphatic heterocycles. The largest absolute Gasteiger partial charge is 0.454 e. The van der Waals surface area contributed by atoms with Gasteiger partial charge in [-0.15, -0.1) is 11.3 Å². The van der Waals surface area contributed by atoms with Crippen LogP contribution in [0.25, 0.3) is 11.3 Å². The molecule has 1 N–H and O–H groups in total. The molecule has 0 bridgehead atoms. The Morgan fingerprint density at radius 2 is 1.87 bits per heavy atom. The molecule has 3 amide bonds. The summed E-state index contributed by atoms with van der Waals surface area (Å²) in [5.41, 5.74) is 1.53. The van der Waals surface area contributed by atoms with Crippen LogP contribution in [0, 0.1) is 11.8 Å². The number of carbonyl (C=O) groups is 3. The Balaban J connectivity index is 1.29. The van der Waals surface area contributed by atoms with Gasteiger partial charge in [-0.2, -0.15) is 0 Å². The van der Waals surface area contributed by atoms with Gasteiger partial charge in [-0.05, 0) is 38.0 Å². The molecule has 1 fully saturated rings. The van der Waals surface area contributed by atoms with Crippen LogP contribution in [-0.2, 0) is 14.4 Å². The van der Waals surface area contributed by atoms with E-state index in [0.717, 1.165) is 10.5 Å². The minimum absolute atomic E-state index is 0.195. The Hall–Kier alpha value is -3.20. The van der Waals surface area contributed by atoms with Crippen LogP contribution in [0.3, 0.4) is 0 Å². The molecule has 2 aromatic rings. The number of imide groups is 1. The van der Waals surface area contributed by atoms with Crippen molar-refractivity contribution in [3.63, 3.8) is 0 Å². The van der Waals surface area contributed by atoms with E-state index in [1.54, 1.807) is 6.92 Å². The molecule has 0 saturated carbocycles. The first-order valence-electron chi connectivity index (χ1n) is 9.71. The number of rotatable bonds is 4. The molecule has 3 heterocycles. The smallest absolute Gasteiger partial charge is 0.249 e. The number of thiazole rings is 1. The summed E-state index contributed by atoms with van der Waals surface area (Å²) in [5.74, 6) is -0.330. The summed E-state index contributed by atoms with van der Waals surface area (Å²) in [4.78, 5) is 43.7. The molecular weight excluding hydrogens is 406 g/mol. The van der Waals surface area contributed by atoms with Gasteiger partial charge in [-0.25, -0.2) is 4.98 Å². The zero-order chi connectivity index (χ0) is 20.8. The Labute approximate surface area is 176 Å². The minimum atomic E-state index is -0.895. The van der Waals surface area contributed by atoms with Crippen LogP contribution in [0.4, 0.5) is 5.13 Å². The van der Waals surface area contributed by atoms with E-state index >= 15 is 0 Å². The molecule has 1 aromatic heterocycles. The fraction of sp³-hybridized carbons (Fsp3) is 0.333. The van der Waals surface area contributed by atoms with Crippen LogP contribution >= 0.6 is 11.3 Å². The van der Waals surface area contributed by atoms with E-state index in [9.17, 15) is 14.4 Å². The van der Waals surface area contributed by atoms with Crippen molar-refractivity contribution in [2.75, 3.05) is 12.1 Å². The second-order valence-corrected chi connectivity index (χ2v) is 8.33. The normalized spacial score (nSPS) is 22.9. The predicted octanol–water partition coefficient (Wildman–Crippen LogP) is 2.82. The molecule has 30 heavy (non-hydrogen) atoms. The van der Waals surface area contributed by atoms with E-state index < -0.39 is 11.9 Å². The fourth-order valence-corrected chi connectivity index (χ4v) is 4.78. The Bertz CT molecular complexity index is 1050. The van der Waals surface area contributed by atoms with Gasteiger partial charge in [-0.3, -0.25) is 19.3 Å². The number of carbonyl (C=O) groups excluding carboxylic acids is 3. The summed E-state index contributed by atoms with van der Waals surface area (Å²) >= 11 is 1.27. The van der Waals surface area contributed by atoms with Crippen molar-refractivity contribution in [1.82, 2.24) is 9.88 Å². The van der Waals surface area contributed by atoms with Gasteiger partial charge in [0.05, 0.1) is 17.5 Å². The fourth-order valence-electron chi connectivity index (χ4n) is 4.05. The number of aromatic nitrogens is 1. The Morgan fingerprint density at radius 3 is 2.60 bits per heavy atom. The first-order chi connectivity index (χ1) is 14.5. The third-order valence-electron chi connectivity index (χ3n) is 5.71. The van der Waals surface area contributed by atoms with Crippen LogP contribution in [0.2, 0.25) is 0 Å². The number of amides is 3. The molecule has 1 saturated heterocycles. The first kappa shape index (κ1) is 18.8. The maximum atomic E-state index is 12.8. The number of ether oxygens (including phenoxy) is 2.